The number of ether oxygens (including phenoxy) is 1. The van der Waals surface area contributed by atoms with Gasteiger partial charge in [-0.15, -0.1) is 0 Å². The first-order chi connectivity index (χ1) is 12.5. The number of benzene rings is 2. The van der Waals surface area contributed by atoms with Gasteiger partial charge >= 0.3 is 0 Å². The topological polar surface area (TPSA) is 62.1 Å². The Kier molecular flexibility index (Phi) is 7.02. The molecule has 0 aliphatic rings. The van der Waals surface area contributed by atoms with Crippen LogP contribution in [0.4, 0.5) is 5.69 Å². The minimum absolute atomic E-state index is 0.0501. The molecule has 0 saturated carbocycles. The number of hydrogen-bond donors (Lipinski definition) is 1. The standard InChI is InChI=1S/C20H16BrClN2O2/c1-3-9-26-19-8-7-16(21)11-14(19)10-15(12-23)20(25)24-18-6-4-5-17(22)13(18)2/h3-8,10-11H,1,9H2,2H3,(H,24,25)/b15-10+. The molecule has 1 N–H and O–H groups in total. The fourth-order valence-electron chi connectivity index (χ4n) is 2.15. The lowest BCUT2D eigenvalue weighted by molar-refractivity contribution is -0.112. The third kappa shape index (κ3) is 4.98. The summed E-state index contributed by atoms with van der Waals surface area (Å²) in [6, 6.07) is 12.5. The van der Waals surface area contributed by atoms with Crippen molar-refractivity contribution in [3.63, 3.8) is 0 Å². The fraction of sp³-hybridized carbons (Fsp3) is 0.100. The average Bonchev–Trinajstić information content (AvgIpc) is 2.62. The second-order valence-corrected chi connectivity index (χ2v) is 6.64. The summed E-state index contributed by atoms with van der Waals surface area (Å²) < 4.78 is 6.38. The summed E-state index contributed by atoms with van der Waals surface area (Å²) in [7, 11) is 0. The summed E-state index contributed by atoms with van der Waals surface area (Å²) in [6.45, 7) is 5.73. The third-order valence-electron chi connectivity index (χ3n) is 3.51. The van der Waals surface area contributed by atoms with E-state index in [-0.39, 0.29) is 5.57 Å². The Labute approximate surface area is 165 Å². The van der Waals surface area contributed by atoms with E-state index in [0.717, 1.165) is 10.0 Å². The number of nitriles is 1. The van der Waals surface area contributed by atoms with E-state index in [1.165, 1.54) is 6.08 Å². The molecule has 2 rings (SSSR count). The maximum Gasteiger partial charge on any atom is 0.266 e. The van der Waals surface area contributed by atoms with Crippen molar-refractivity contribution in [2.24, 2.45) is 0 Å². The van der Waals surface area contributed by atoms with Crippen molar-refractivity contribution < 1.29 is 9.53 Å². The van der Waals surface area contributed by atoms with Crippen LogP contribution in [-0.2, 0) is 4.79 Å². The first-order valence-electron chi connectivity index (χ1n) is 7.67. The first-order valence-corrected chi connectivity index (χ1v) is 8.85. The number of nitrogens with zero attached hydrogens (tertiary/aromatic N) is 1. The largest absolute Gasteiger partial charge is 0.489 e. The number of anilines is 1. The Morgan fingerprint density at radius 2 is 2.19 bits per heavy atom. The average molecular weight is 432 g/mol. The molecule has 0 aliphatic heterocycles. The van der Waals surface area contributed by atoms with Crippen LogP contribution < -0.4 is 10.1 Å². The number of carbonyl (C=O) groups is 1. The van der Waals surface area contributed by atoms with Gasteiger partial charge in [0, 0.05) is 20.7 Å². The Morgan fingerprint density at radius 1 is 1.42 bits per heavy atom. The molecule has 0 atom stereocenters. The molecule has 0 spiro atoms. The van der Waals surface area contributed by atoms with Gasteiger partial charge in [0.2, 0.25) is 0 Å². The number of amides is 1. The Balaban J connectivity index is 2.34. The van der Waals surface area contributed by atoms with Crippen LogP contribution in [0.5, 0.6) is 5.75 Å². The molecule has 1 amide bonds. The van der Waals surface area contributed by atoms with Crippen molar-refractivity contribution in [1.82, 2.24) is 0 Å². The summed E-state index contributed by atoms with van der Waals surface area (Å²) >= 11 is 9.45. The monoisotopic (exact) mass is 430 g/mol. The number of nitrogens with one attached hydrogen (secondary N) is 1. The van der Waals surface area contributed by atoms with Gasteiger partial charge < -0.3 is 10.1 Å². The summed E-state index contributed by atoms with van der Waals surface area (Å²) in [5.74, 6) is 0.0279. The Hall–Kier alpha value is -2.55. The second-order valence-electron chi connectivity index (χ2n) is 5.32. The van der Waals surface area contributed by atoms with E-state index in [1.54, 1.807) is 43.3 Å². The van der Waals surface area contributed by atoms with E-state index < -0.39 is 5.91 Å². The van der Waals surface area contributed by atoms with Crippen LogP contribution in [0.15, 0.2) is 59.1 Å². The molecule has 0 fully saturated rings. The van der Waals surface area contributed by atoms with Gasteiger partial charge in [0.25, 0.3) is 5.91 Å². The molecule has 0 radical (unpaired) electrons. The smallest absolute Gasteiger partial charge is 0.266 e. The molecule has 4 nitrogen and oxygen atoms in total. The summed E-state index contributed by atoms with van der Waals surface area (Å²) in [6.07, 6.45) is 3.10. The summed E-state index contributed by atoms with van der Waals surface area (Å²) in [4.78, 5) is 12.5. The summed E-state index contributed by atoms with van der Waals surface area (Å²) in [5.41, 5.74) is 1.85. The van der Waals surface area contributed by atoms with Crippen LogP contribution >= 0.6 is 27.5 Å². The van der Waals surface area contributed by atoms with Crippen molar-refractivity contribution in [2.75, 3.05) is 11.9 Å². The molecule has 0 bridgehead atoms. The van der Waals surface area contributed by atoms with Crippen molar-refractivity contribution >= 4 is 45.2 Å². The van der Waals surface area contributed by atoms with E-state index in [2.05, 4.69) is 27.8 Å². The normalized spacial score (nSPS) is 10.8. The van der Waals surface area contributed by atoms with Crippen LogP contribution in [0, 0.1) is 18.3 Å². The van der Waals surface area contributed by atoms with Crippen molar-refractivity contribution in [3.8, 4) is 11.8 Å². The minimum Gasteiger partial charge on any atom is -0.489 e. The molecule has 0 heterocycles. The van der Waals surface area contributed by atoms with Gasteiger partial charge in [0.05, 0.1) is 0 Å². The molecule has 26 heavy (non-hydrogen) atoms. The number of carbonyl (C=O) groups excluding carboxylic acids is 1. The molecule has 0 aromatic heterocycles. The van der Waals surface area contributed by atoms with Crippen LogP contribution in [0.2, 0.25) is 5.02 Å². The van der Waals surface area contributed by atoms with E-state index >= 15 is 0 Å². The highest BCUT2D eigenvalue weighted by molar-refractivity contribution is 9.10. The number of halogens is 2. The molecule has 0 aliphatic carbocycles. The highest BCUT2D eigenvalue weighted by Gasteiger charge is 2.13. The molecule has 6 heteroatoms. The minimum atomic E-state index is -0.521. The number of rotatable bonds is 6. The van der Waals surface area contributed by atoms with Crippen molar-refractivity contribution in [2.45, 2.75) is 6.92 Å². The first kappa shape index (κ1) is 19.8. The second kappa shape index (κ2) is 9.23. The predicted molar refractivity (Wildman–Crippen MR) is 108 cm³/mol. The molecular formula is C20H16BrClN2O2. The Morgan fingerprint density at radius 3 is 2.88 bits per heavy atom. The quantitative estimate of drug-likeness (QED) is 0.372. The van der Waals surface area contributed by atoms with Gasteiger partial charge in [-0.1, -0.05) is 46.3 Å². The van der Waals surface area contributed by atoms with Crippen LogP contribution in [0.3, 0.4) is 0 Å². The van der Waals surface area contributed by atoms with Gasteiger partial charge in [-0.05, 0) is 48.9 Å². The lowest BCUT2D eigenvalue weighted by atomic mass is 10.1. The van der Waals surface area contributed by atoms with Gasteiger partial charge in [0.15, 0.2) is 0 Å². The lowest BCUT2D eigenvalue weighted by Gasteiger charge is -2.10. The highest BCUT2D eigenvalue weighted by atomic mass is 79.9. The SMILES string of the molecule is C=CCOc1ccc(Br)cc1/C=C(\C#N)C(=O)Nc1cccc(Cl)c1C. The zero-order valence-corrected chi connectivity index (χ0v) is 16.4. The molecule has 0 saturated heterocycles. The van der Waals surface area contributed by atoms with Crippen LogP contribution in [-0.4, -0.2) is 12.5 Å². The third-order valence-corrected chi connectivity index (χ3v) is 4.41. The molecular weight excluding hydrogens is 416 g/mol. The van der Waals surface area contributed by atoms with Crippen molar-refractivity contribution in [3.05, 3.63) is 75.2 Å². The van der Waals surface area contributed by atoms with Crippen LogP contribution in [0.1, 0.15) is 11.1 Å². The van der Waals surface area contributed by atoms with Crippen LogP contribution in [0.25, 0.3) is 6.08 Å². The fourth-order valence-corrected chi connectivity index (χ4v) is 2.70. The highest BCUT2D eigenvalue weighted by Crippen LogP contribution is 2.27. The summed E-state index contributed by atoms with van der Waals surface area (Å²) in [5, 5.41) is 12.7. The number of hydrogen-bond acceptors (Lipinski definition) is 3. The van der Waals surface area contributed by atoms with E-state index in [9.17, 15) is 10.1 Å². The van der Waals surface area contributed by atoms with Gasteiger partial charge in [0.1, 0.15) is 24.0 Å². The zero-order valence-electron chi connectivity index (χ0n) is 14.1. The van der Waals surface area contributed by atoms with E-state index in [4.69, 9.17) is 16.3 Å². The maximum absolute atomic E-state index is 12.5. The molecule has 132 valence electrons. The van der Waals surface area contributed by atoms with Crippen molar-refractivity contribution in [1.29, 1.82) is 5.26 Å². The van der Waals surface area contributed by atoms with Gasteiger partial charge in [-0.2, -0.15) is 5.26 Å². The zero-order chi connectivity index (χ0) is 19.1. The lowest BCUT2D eigenvalue weighted by Crippen LogP contribution is -2.14. The predicted octanol–water partition coefficient (Wildman–Crippen LogP) is 5.52. The Bertz CT molecular complexity index is 917. The van der Waals surface area contributed by atoms with E-state index in [0.29, 0.717) is 28.6 Å². The maximum atomic E-state index is 12.5. The van der Waals surface area contributed by atoms with Gasteiger partial charge in [-0.3, -0.25) is 4.79 Å². The van der Waals surface area contributed by atoms with E-state index in [1.807, 2.05) is 12.1 Å². The molecule has 2 aromatic carbocycles. The van der Waals surface area contributed by atoms with Gasteiger partial charge in [-0.25, -0.2) is 0 Å². The molecule has 0 unspecified atom stereocenters. The molecule has 2 aromatic rings.